The van der Waals surface area contributed by atoms with Crippen LogP contribution in [0.15, 0.2) is 18.2 Å². The van der Waals surface area contributed by atoms with Gasteiger partial charge in [0.15, 0.2) is 6.61 Å². The number of esters is 2. The maximum atomic E-state index is 11.9. The fraction of sp³-hybridized carbons (Fsp3) is 0.333. The van der Waals surface area contributed by atoms with Gasteiger partial charge in [-0.2, -0.15) is 0 Å². The molecule has 0 spiro atoms. The van der Waals surface area contributed by atoms with Crippen LogP contribution in [0, 0.1) is 13.8 Å². The summed E-state index contributed by atoms with van der Waals surface area (Å²) >= 11 is 2.40. The van der Waals surface area contributed by atoms with E-state index in [2.05, 4.69) is 10.6 Å². The lowest BCUT2D eigenvalue weighted by molar-refractivity contribution is -0.146. The van der Waals surface area contributed by atoms with Crippen LogP contribution in [0.25, 0.3) is 0 Å². The number of hydrogen-bond donors (Lipinski definition) is 2. The number of anilines is 1. The minimum Gasteiger partial charge on any atom is -0.462 e. The summed E-state index contributed by atoms with van der Waals surface area (Å²) < 4.78 is 9.78. The van der Waals surface area contributed by atoms with E-state index in [1.165, 1.54) is 11.3 Å². The topological polar surface area (TPSA) is 111 Å². The molecule has 2 aromatic rings. The van der Waals surface area contributed by atoms with Gasteiger partial charge in [0.1, 0.15) is 11.4 Å². The molecule has 8 nitrogen and oxygen atoms in total. The molecule has 0 aliphatic carbocycles. The number of rotatable bonds is 8. The summed E-state index contributed by atoms with van der Waals surface area (Å²) in [6.45, 7) is 4.74. The first-order valence-electron chi connectivity index (χ1n) is 8.37. The van der Waals surface area contributed by atoms with Crippen LogP contribution >= 0.6 is 22.7 Å². The molecule has 2 rings (SSSR count). The van der Waals surface area contributed by atoms with Crippen LogP contribution < -0.4 is 10.6 Å². The summed E-state index contributed by atoms with van der Waals surface area (Å²) in [5.41, 5.74) is 0.683. The third kappa shape index (κ3) is 6.17. The Labute approximate surface area is 169 Å². The van der Waals surface area contributed by atoms with Crippen LogP contribution in [0.5, 0.6) is 0 Å². The van der Waals surface area contributed by atoms with Crippen molar-refractivity contribution in [1.82, 2.24) is 5.32 Å². The fourth-order valence-corrected chi connectivity index (χ4v) is 3.88. The SMILES string of the molecule is CCOC(=O)c1sc(NC(=O)COC(=O)CNC(=O)c2ccc(C)s2)cc1C. The van der Waals surface area contributed by atoms with Crippen LogP contribution in [0.2, 0.25) is 0 Å². The van der Waals surface area contributed by atoms with E-state index in [9.17, 15) is 19.2 Å². The highest BCUT2D eigenvalue weighted by atomic mass is 32.1. The van der Waals surface area contributed by atoms with E-state index in [1.807, 2.05) is 13.0 Å². The van der Waals surface area contributed by atoms with Crippen molar-refractivity contribution >= 4 is 51.4 Å². The van der Waals surface area contributed by atoms with Crippen molar-refractivity contribution < 1.29 is 28.7 Å². The van der Waals surface area contributed by atoms with Crippen molar-refractivity contribution in [3.05, 3.63) is 38.4 Å². The quantitative estimate of drug-likeness (QED) is 0.630. The fourth-order valence-electron chi connectivity index (χ4n) is 2.11. The van der Waals surface area contributed by atoms with Crippen LogP contribution in [0.4, 0.5) is 5.00 Å². The van der Waals surface area contributed by atoms with E-state index < -0.39 is 24.5 Å². The molecule has 28 heavy (non-hydrogen) atoms. The molecule has 0 aliphatic heterocycles. The van der Waals surface area contributed by atoms with Gasteiger partial charge < -0.3 is 20.1 Å². The maximum absolute atomic E-state index is 11.9. The molecule has 150 valence electrons. The summed E-state index contributed by atoms with van der Waals surface area (Å²) in [6.07, 6.45) is 0. The number of thiophene rings is 2. The second-order valence-corrected chi connectivity index (χ2v) is 7.99. The van der Waals surface area contributed by atoms with Gasteiger partial charge in [-0.1, -0.05) is 0 Å². The Balaban J connectivity index is 1.76. The summed E-state index contributed by atoms with van der Waals surface area (Å²) in [6, 6.07) is 5.11. The number of ether oxygens (including phenoxy) is 2. The first-order chi connectivity index (χ1) is 13.3. The molecule has 10 heteroatoms. The molecule has 0 radical (unpaired) electrons. The van der Waals surface area contributed by atoms with E-state index in [-0.39, 0.29) is 19.1 Å². The van der Waals surface area contributed by atoms with Crippen molar-refractivity contribution in [2.45, 2.75) is 20.8 Å². The van der Waals surface area contributed by atoms with Gasteiger partial charge in [-0.3, -0.25) is 14.4 Å². The van der Waals surface area contributed by atoms with Crippen molar-refractivity contribution in [2.24, 2.45) is 0 Å². The molecule has 2 heterocycles. The molecule has 0 aromatic carbocycles. The molecule has 0 atom stereocenters. The van der Waals surface area contributed by atoms with Gasteiger partial charge in [-0.15, -0.1) is 22.7 Å². The number of nitrogens with one attached hydrogen (secondary N) is 2. The molecular weight excluding hydrogens is 404 g/mol. The molecule has 0 unspecified atom stereocenters. The number of aryl methyl sites for hydroxylation is 2. The average Bonchev–Trinajstić information content (AvgIpc) is 3.23. The van der Waals surface area contributed by atoms with Crippen LogP contribution in [0.1, 0.15) is 36.7 Å². The minimum absolute atomic E-state index is 0.260. The first kappa shape index (κ1) is 21.6. The van der Waals surface area contributed by atoms with Crippen molar-refractivity contribution in [2.75, 3.05) is 25.1 Å². The van der Waals surface area contributed by atoms with Gasteiger partial charge in [0.2, 0.25) is 0 Å². The zero-order chi connectivity index (χ0) is 20.7. The number of carbonyl (C=O) groups excluding carboxylic acids is 4. The normalized spacial score (nSPS) is 10.2. The van der Waals surface area contributed by atoms with E-state index in [0.717, 1.165) is 16.2 Å². The van der Waals surface area contributed by atoms with Crippen LogP contribution in [-0.4, -0.2) is 43.5 Å². The van der Waals surface area contributed by atoms with Gasteiger partial charge in [0.25, 0.3) is 11.8 Å². The monoisotopic (exact) mass is 424 g/mol. The summed E-state index contributed by atoms with van der Waals surface area (Å²) in [4.78, 5) is 49.1. The summed E-state index contributed by atoms with van der Waals surface area (Å²) in [7, 11) is 0. The highest BCUT2D eigenvalue weighted by Crippen LogP contribution is 2.27. The Morgan fingerprint density at radius 3 is 2.46 bits per heavy atom. The third-order valence-electron chi connectivity index (χ3n) is 3.36. The molecule has 0 saturated carbocycles. The molecular formula is C18H20N2O6S2. The van der Waals surface area contributed by atoms with Crippen LogP contribution in [0.3, 0.4) is 0 Å². The Morgan fingerprint density at radius 2 is 1.82 bits per heavy atom. The third-order valence-corrected chi connectivity index (χ3v) is 5.49. The molecule has 2 N–H and O–H groups in total. The molecule has 2 aromatic heterocycles. The Morgan fingerprint density at radius 1 is 1.07 bits per heavy atom. The maximum Gasteiger partial charge on any atom is 0.348 e. The average molecular weight is 425 g/mol. The van der Waals surface area contributed by atoms with E-state index in [0.29, 0.717) is 20.3 Å². The van der Waals surface area contributed by atoms with Gasteiger partial charge >= 0.3 is 11.9 Å². The Kier molecular flexibility index (Phi) is 7.70. The zero-order valence-electron chi connectivity index (χ0n) is 15.6. The Hall–Kier alpha value is -2.72. The number of carbonyl (C=O) groups is 4. The zero-order valence-corrected chi connectivity index (χ0v) is 17.3. The smallest absolute Gasteiger partial charge is 0.348 e. The van der Waals surface area contributed by atoms with Crippen molar-refractivity contribution in [3.63, 3.8) is 0 Å². The lowest BCUT2D eigenvalue weighted by atomic mass is 10.3. The summed E-state index contributed by atoms with van der Waals surface area (Å²) in [5, 5.41) is 5.44. The standard InChI is InChI=1S/C18H20N2O6S2/c1-4-25-18(24)16-10(2)7-14(28-16)20-13(21)9-26-15(22)8-19-17(23)12-6-5-11(3)27-12/h5-7H,4,8-9H2,1-3H3,(H,19,23)(H,20,21). The molecule has 0 saturated heterocycles. The van der Waals surface area contributed by atoms with Gasteiger partial charge in [0, 0.05) is 4.88 Å². The van der Waals surface area contributed by atoms with Gasteiger partial charge in [0.05, 0.1) is 16.5 Å². The van der Waals surface area contributed by atoms with Crippen molar-refractivity contribution in [3.8, 4) is 0 Å². The second kappa shape index (κ2) is 10.00. The van der Waals surface area contributed by atoms with E-state index in [1.54, 1.807) is 26.0 Å². The number of hydrogen-bond acceptors (Lipinski definition) is 8. The number of amides is 2. The van der Waals surface area contributed by atoms with Gasteiger partial charge in [-0.05, 0) is 44.5 Å². The molecule has 0 aliphatic rings. The lowest BCUT2D eigenvalue weighted by Gasteiger charge is -2.06. The lowest BCUT2D eigenvalue weighted by Crippen LogP contribution is -2.31. The predicted octanol–water partition coefficient (Wildman–Crippen LogP) is 2.51. The van der Waals surface area contributed by atoms with Crippen molar-refractivity contribution in [1.29, 1.82) is 0 Å². The van der Waals surface area contributed by atoms with Gasteiger partial charge in [-0.25, -0.2) is 4.79 Å². The molecule has 0 bridgehead atoms. The minimum atomic E-state index is -0.730. The van der Waals surface area contributed by atoms with E-state index in [4.69, 9.17) is 9.47 Å². The predicted molar refractivity (Wildman–Crippen MR) is 106 cm³/mol. The summed E-state index contributed by atoms with van der Waals surface area (Å²) in [5.74, 6) is -2.11. The largest absolute Gasteiger partial charge is 0.462 e. The van der Waals surface area contributed by atoms with E-state index >= 15 is 0 Å². The van der Waals surface area contributed by atoms with Crippen LogP contribution in [-0.2, 0) is 19.1 Å². The second-order valence-electron chi connectivity index (χ2n) is 5.65. The highest BCUT2D eigenvalue weighted by molar-refractivity contribution is 7.18. The highest BCUT2D eigenvalue weighted by Gasteiger charge is 2.17. The first-order valence-corrected chi connectivity index (χ1v) is 10.0. The Bertz CT molecular complexity index is 887. The molecule has 0 fully saturated rings. The molecule has 2 amide bonds.